The number of aliphatic hydroxyl groups excluding tert-OH is 1. The Kier molecular flexibility index (Phi) is 7.43. The van der Waals surface area contributed by atoms with Gasteiger partial charge in [-0.2, -0.15) is 0 Å². The number of hydrogen-bond donors (Lipinski definition) is 2. The van der Waals surface area contributed by atoms with E-state index < -0.39 is 0 Å². The van der Waals surface area contributed by atoms with Crippen LogP contribution in [0.3, 0.4) is 0 Å². The van der Waals surface area contributed by atoms with Gasteiger partial charge < -0.3 is 15.2 Å². The van der Waals surface area contributed by atoms with Gasteiger partial charge in [-0.05, 0) is 24.5 Å². The number of methoxy groups -OCH3 is 1. The Labute approximate surface area is 120 Å². The Balaban J connectivity index is 2.51. The summed E-state index contributed by atoms with van der Waals surface area (Å²) in [6.45, 7) is 2.80. The first kappa shape index (κ1) is 16.2. The Bertz CT molecular complexity index is 443. The van der Waals surface area contributed by atoms with E-state index in [1.54, 1.807) is 13.2 Å². The Morgan fingerprint density at radius 3 is 2.85 bits per heavy atom. The highest BCUT2D eigenvalue weighted by molar-refractivity contribution is 5.92. The fourth-order valence-electron chi connectivity index (χ4n) is 1.91. The van der Waals surface area contributed by atoms with Gasteiger partial charge in [0.05, 0.1) is 7.11 Å². The molecular weight excluding hydrogens is 254 g/mol. The number of rotatable bonds is 8. The predicted molar refractivity (Wildman–Crippen MR) is 80.5 cm³/mol. The highest BCUT2D eigenvalue weighted by atomic mass is 16.5. The quantitative estimate of drug-likeness (QED) is 0.716. The molecule has 0 aliphatic rings. The van der Waals surface area contributed by atoms with Crippen LogP contribution < -0.4 is 10.1 Å². The highest BCUT2D eigenvalue weighted by Crippen LogP contribution is 2.18. The number of hydrogen-bond acceptors (Lipinski definition) is 3. The van der Waals surface area contributed by atoms with Crippen LogP contribution in [0.15, 0.2) is 30.3 Å². The van der Waals surface area contributed by atoms with E-state index in [0.717, 1.165) is 17.7 Å². The summed E-state index contributed by atoms with van der Waals surface area (Å²) in [4.78, 5) is 11.7. The monoisotopic (exact) mass is 277 g/mol. The van der Waals surface area contributed by atoms with Gasteiger partial charge in [0, 0.05) is 24.8 Å². The first-order chi connectivity index (χ1) is 9.71. The lowest BCUT2D eigenvalue weighted by Crippen LogP contribution is -2.28. The molecule has 0 spiro atoms. The molecule has 2 N–H and O–H groups in total. The summed E-state index contributed by atoms with van der Waals surface area (Å²) in [6, 6.07) is 7.53. The van der Waals surface area contributed by atoms with E-state index in [4.69, 9.17) is 9.84 Å². The minimum atomic E-state index is -0.132. The average molecular weight is 277 g/mol. The summed E-state index contributed by atoms with van der Waals surface area (Å²) in [5.74, 6) is 0.930. The van der Waals surface area contributed by atoms with Crippen molar-refractivity contribution in [3.05, 3.63) is 35.9 Å². The maximum Gasteiger partial charge on any atom is 0.244 e. The van der Waals surface area contributed by atoms with Gasteiger partial charge in [-0.15, -0.1) is 0 Å². The third-order valence-electron chi connectivity index (χ3n) is 3.23. The number of para-hydroxylation sites is 1. The van der Waals surface area contributed by atoms with Crippen molar-refractivity contribution in [1.82, 2.24) is 5.32 Å². The first-order valence-electron chi connectivity index (χ1n) is 6.91. The van der Waals surface area contributed by atoms with Crippen LogP contribution in [-0.2, 0) is 4.79 Å². The van der Waals surface area contributed by atoms with Crippen LogP contribution in [0, 0.1) is 5.92 Å². The Hall–Kier alpha value is -1.81. The van der Waals surface area contributed by atoms with Gasteiger partial charge in [0.2, 0.25) is 5.91 Å². The van der Waals surface area contributed by atoms with Crippen LogP contribution in [0.25, 0.3) is 6.08 Å². The number of amides is 1. The molecule has 1 atom stereocenters. The molecule has 1 aromatic rings. The molecule has 0 aromatic heterocycles. The summed E-state index contributed by atoms with van der Waals surface area (Å²) >= 11 is 0. The molecule has 1 amide bonds. The minimum Gasteiger partial charge on any atom is -0.496 e. The highest BCUT2D eigenvalue weighted by Gasteiger charge is 2.06. The zero-order chi connectivity index (χ0) is 14.8. The van der Waals surface area contributed by atoms with Crippen molar-refractivity contribution in [2.75, 3.05) is 20.3 Å². The minimum absolute atomic E-state index is 0.132. The number of aliphatic hydroxyl groups is 1. The normalized spacial score (nSPS) is 12.3. The van der Waals surface area contributed by atoms with E-state index in [1.807, 2.05) is 24.3 Å². The molecule has 0 aliphatic heterocycles. The summed E-state index contributed by atoms with van der Waals surface area (Å²) in [5, 5.41) is 11.8. The van der Waals surface area contributed by atoms with Crippen LogP contribution in [0.4, 0.5) is 0 Å². The third-order valence-corrected chi connectivity index (χ3v) is 3.23. The molecule has 1 unspecified atom stereocenters. The Morgan fingerprint density at radius 1 is 1.45 bits per heavy atom. The lowest BCUT2D eigenvalue weighted by molar-refractivity contribution is -0.116. The molecule has 0 heterocycles. The molecule has 0 saturated carbocycles. The number of carbonyl (C=O) groups is 1. The van der Waals surface area contributed by atoms with Crippen LogP contribution in [-0.4, -0.2) is 31.3 Å². The van der Waals surface area contributed by atoms with Crippen LogP contribution >= 0.6 is 0 Å². The molecule has 0 bridgehead atoms. The van der Waals surface area contributed by atoms with E-state index in [2.05, 4.69) is 12.2 Å². The van der Waals surface area contributed by atoms with Crippen LogP contribution in [0.2, 0.25) is 0 Å². The largest absolute Gasteiger partial charge is 0.496 e. The van der Waals surface area contributed by atoms with E-state index in [9.17, 15) is 4.79 Å². The van der Waals surface area contributed by atoms with Crippen molar-refractivity contribution in [2.24, 2.45) is 5.92 Å². The van der Waals surface area contributed by atoms with Crippen molar-refractivity contribution in [3.63, 3.8) is 0 Å². The van der Waals surface area contributed by atoms with Gasteiger partial charge >= 0.3 is 0 Å². The summed E-state index contributed by atoms with van der Waals surface area (Å²) in [7, 11) is 1.60. The zero-order valence-corrected chi connectivity index (χ0v) is 12.1. The molecule has 20 heavy (non-hydrogen) atoms. The molecule has 110 valence electrons. The van der Waals surface area contributed by atoms with Crippen LogP contribution in [0.5, 0.6) is 5.75 Å². The first-order valence-corrected chi connectivity index (χ1v) is 6.91. The van der Waals surface area contributed by atoms with E-state index >= 15 is 0 Å². The topological polar surface area (TPSA) is 58.6 Å². The van der Waals surface area contributed by atoms with E-state index in [0.29, 0.717) is 18.9 Å². The van der Waals surface area contributed by atoms with Gasteiger partial charge in [0.1, 0.15) is 5.75 Å². The predicted octanol–water partition coefficient (Wildman–Crippen LogP) is 2.23. The molecule has 1 rings (SSSR count). The van der Waals surface area contributed by atoms with Gasteiger partial charge in [0.25, 0.3) is 0 Å². The fourth-order valence-corrected chi connectivity index (χ4v) is 1.91. The standard InChI is InChI=1S/C16H23NO3/c1-3-13(10-11-18)12-17-16(19)9-8-14-6-4-5-7-15(14)20-2/h4-9,13,18H,3,10-12H2,1-2H3,(H,17,19)/b9-8+. The lowest BCUT2D eigenvalue weighted by atomic mass is 10.0. The van der Waals surface area contributed by atoms with Gasteiger partial charge in [-0.3, -0.25) is 4.79 Å². The SMILES string of the molecule is CCC(CCO)CNC(=O)/C=C/c1ccccc1OC. The molecule has 1 aromatic carbocycles. The maximum absolute atomic E-state index is 11.7. The Morgan fingerprint density at radius 2 is 2.20 bits per heavy atom. The van der Waals surface area contributed by atoms with Crippen molar-refractivity contribution in [3.8, 4) is 5.75 Å². The van der Waals surface area contributed by atoms with E-state index in [-0.39, 0.29) is 12.5 Å². The van der Waals surface area contributed by atoms with Crippen molar-refractivity contribution < 1.29 is 14.6 Å². The molecule has 0 aliphatic carbocycles. The summed E-state index contributed by atoms with van der Waals surface area (Å²) < 4.78 is 5.21. The maximum atomic E-state index is 11.7. The summed E-state index contributed by atoms with van der Waals surface area (Å²) in [6.07, 6.45) is 4.90. The average Bonchev–Trinajstić information content (AvgIpc) is 2.49. The van der Waals surface area contributed by atoms with Gasteiger partial charge in [-0.25, -0.2) is 0 Å². The molecule has 0 fully saturated rings. The molecule has 4 nitrogen and oxygen atoms in total. The van der Waals surface area contributed by atoms with Crippen molar-refractivity contribution in [2.45, 2.75) is 19.8 Å². The lowest BCUT2D eigenvalue weighted by Gasteiger charge is -2.13. The molecule has 0 saturated heterocycles. The zero-order valence-electron chi connectivity index (χ0n) is 12.1. The summed E-state index contributed by atoms with van der Waals surface area (Å²) in [5.41, 5.74) is 0.868. The fraction of sp³-hybridized carbons (Fsp3) is 0.438. The second-order valence-electron chi connectivity index (χ2n) is 4.61. The number of nitrogens with one attached hydrogen (secondary N) is 1. The van der Waals surface area contributed by atoms with Crippen molar-refractivity contribution in [1.29, 1.82) is 0 Å². The van der Waals surface area contributed by atoms with Gasteiger partial charge in [0.15, 0.2) is 0 Å². The number of benzene rings is 1. The number of carbonyl (C=O) groups excluding carboxylic acids is 1. The van der Waals surface area contributed by atoms with Gasteiger partial charge in [-0.1, -0.05) is 31.5 Å². The molecular formula is C16H23NO3. The van der Waals surface area contributed by atoms with E-state index in [1.165, 1.54) is 6.08 Å². The second kappa shape index (κ2) is 9.15. The number of ether oxygens (including phenoxy) is 1. The molecule has 4 heteroatoms. The second-order valence-corrected chi connectivity index (χ2v) is 4.61. The van der Waals surface area contributed by atoms with Crippen LogP contribution in [0.1, 0.15) is 25.3 Å². The third kappa shape index (κ3) is 5.45. The smallest absolute Gasteiger partial charge is 0.244 e. The molecule has 0 radical (unpaired) electrons. The van der Waals surface area contributed by atoms with Crippen molar-refractivity contribution >= 4 is 12.0 Å².